The number of rotatable bonds is 5. The van der Waals surface area contributed by atoms with Crippen molar-refractivity contribution in [3.8, 4) is 0 Å². The van der Waals surface area contributed by atoms with Crippen molar-refractivity contribution in [2.75, 3.05) is 13.2 Å². The predicted octanol–water partition coefficient (Wildman–Crippen LogP) is 2.24. The molecule has 1 aromatic carbocycles. The lowest BCUT2D eigenvalue weighted by atomic mass is 9.95. The number of benzene rings is 1. The van der Waals surface area contributed by atoms with Gasteiger partial charge in [0.2, 0.25) is 0 Å². The Morgan fingerprint density at radius 1 is 1.39 bits per heavy atom. The SMILES string of the molecule is Cc1nc2cc(CNCC(C)(C)CO)ccc2o1. The Kier molecular flexibility index (Phi) is 3.68. The number of hydrogen-bond acceptors (Lipinski definition) is 4. The van der Waals surface area contributed by atoms with Crippen molar-refractivity contribution in [1.29, 1.82) is 0 Å². The minimum Gasteiger partial charge on any atom is -0.441 e. The summed E-state index contributed by atoms with van der Waals surface area (Å²) in [6, 6.07) is 6.01. The maximum Gasteiger partial charge on any atom is 0.192 e. The number of oxazole rings is 1. The van der Waals surface area contributed by atoms with Crippen LogP contribution in [-0.2, 0) is 6.54 Å². The van der Waals surface area contributed by atoms with E-state index in [1.165, 1.54) is 5.56 Å². The molecule has 0 fully saturated rings. The second-order valence-corrected chi connectivity index (χ2v) is 5.46. The highest BCUT2D eigenvalue weighted by molar-refractivity contribution is 5.73. The summed E-state index contributed by atoms with van der Waals surface area (Å²) in [6.07, 6.45) is 0. The molecule has 2 rings (SSSR count). The molecule has 0 saturated carbocycles. The molecule has 1 heterocycles. The van der Waals surface area contributed by atoms with E-state index < -0.39 is 0 Å². The van der Waals surface area contributed by atoms with Gasteiger partial charge in [-0.05, 0) is 17.7 Å². The molecule has 0 saturated heterocycles. The van der Waals surface area contributed by atoms with Crippen molar-refractivity contribution in [2.45, 2.75) is 27.3 Å². The van der Waals surface area contributed by atoms with E-state index in [2.05, 4.69) is 10.3 Å². The van der Waals surface area contributed by atoms with Gasteiger partial charge in [0.25, 0.3) is 0 Å². The number of nitrogens with zero attached hydrogens (tertiary/aromatic N) is 1. The zero-order valence-electron chi connectivity index (χ0n) is 11.2. The topological polar surface area (TPSA) is 58.3 Å². The fourth-order valence-electron chi connectivity index (χ4n) is 1.80. The Morgan fingerprint density at radius 2 is 2.17 bits per heavy atom. The first kappa shape index (κ1) is 13.1. The molecule has 0 unspecified atom stereocenters. The monoisotopic (exact) mass is 248 g/mol. The molecule has 0 aliphatic carbocycles. The average molecular weight is 248 g/mol. The van der Waals surface area contributed by atoms with Gasteiger partial charge < -0.3 is 14.8 Å². The molecule has 0 radical (unpaired) electrons. The minimum atomic E-state index is -0.0887. The highest BCUT2D eigenvalue weighted by Gasteiger charge is 2.15. The zero-order valence-corrected chi connectivity index (χ0v) is 11.2. The van der Waals surface area contributed by atoms with Crippen LogP contribution in [0.3, 0.4) is 0 Å². The van der Waals surface area contributed by atoms with Crippen LogP contribution in [0, 0.1) is 12.3 Å². The molecular weight excluding hydrogens is 228 g/mol. The van der Waals surface area contributed by atoms with E-state index in [0.717, 1.165) is 24.2 Å². The van der Waals surface area contributed by atoms with Gasteiger partial charge in [0, 0.05) is 32.0 Å². The third kappa shape index (κ3) is 3.09. The van der Waals surface area contributed by atoms with E-state index in [1.54, 1.807) is 0 Å². The number of aromatic nitrogens is 1. The van der Waals surface area contributed by atoms with Gasteiger partial charge in [-0.25, -0.2) is 4.98 Å². The molecule has 4 heteroatoms. The lowest BCUT2D eigenvalue weighted by molar-refractivity contribution is 0.156. The molecule has 0 amide bonds. The second kappa shape index (κ2) is 5.08. The van der Waals surface area contributed by atoms with Crippen LogP contribution in [-0.4, -0.2) is 23.2 Å². The Hall–Kier alpha value is -1.39. The molecule has 2 aromatic rings. The Bertz CT molecular complexity index is 532. The maximum absolute atomic E-state index is 9.17. The summed E-state index contributed by atoms with van der Waals surface area (Å²) in [7, 11) is 0. The lowest BCUT2D eigenvalue weighted by Gasteiger charge is -2.21. The molecule has 0 spiro atoms. The number of hydrogen-bond donors (Lipinski definition) is 2. The van der Waals surface area contributed by atoms with E-state index in [-0.39, 0.29) is 12.0 Å². The van der Waals surface area contributed by atoms with Crippen molar-refractivity contribution in [3.63, 3.8) is 0 Å². The van der Waals surface area contributed by atoms with Crippen molar-refractivity contribution in [1.82, 2.24) is 10.3 Å². The van der Waals surface area contributed by atoms with Gasteiger partial charge in [-0.2, -0.15) is 0 Å². The van der Waals surface area contributed by atoms with E-state index in [4.69, 9.17) is 4.42 Å². The highest BCUT2D eigenvalue weighted by atomic mass is 16.3. The smallest absolute Gasteiger partial charge is 0.192 e. The maximum atomic E-state index is 9.17. The fraction of sp³-hybridized carbons (Fsp3) is 0.500. The standard InChI is InChI=1S/C14H20N2O2/c1-10-16-12-6-11(4-5-13(12)18-10)7-15-8-14(2,3)9-17/h4-6,15,17H,7-9H2,1-3H3. The first-order valence-electron chi connectivity index (χ1n) is 6.18. The van der Waals surface area contributed by atoms with Crippen LogP contribution in [0.2, 0.25) is 0 Å². The number of aryl methyl sites for hydroxylation is 1. The summed E-state index contributed by atoms with van der Waals surface area (Å²) in [5, 5.41) is 12.5. The Morgan fingerprint density at radius 3 is 2.89 bits per heavy atom. The summed E-state index contributed by atoms with van der Waals surface area (Å²) in [6.45, 7) is 7.64. The van der Waals surface area contributed by atoms with E-state index in [9.17, 15) is 5.11 Å². The first-order chi connectivity index (χ1) is 8.50. The minimum absolute atomic E-state index is 0.0887. The van der Waals surface area contributed by atoms with Gasteiger partial charge in [-0.1, -0.05) is 19.9 Å². The normalized spacial score (nSPS) is 12.2. The molecule has 4 nitrogen and oxygen atoms in total. The summed E-state index contributed by atoms with van der Waals surface area (Å²) < 4.78 is 5.43. The van der Waals surface area contributed by atoms with Crippen molar-refractivity contribution < 1.29 is 9.52 Å². The van der Waals surface area contributed by atoms with Crippen molar-refractivity contribution in [3.05, 3.63) is 29.7 Å². The third-order valence-corrected chi connectivity index (χ3v) is 2.92. The van der Waals surface area contributed by atoms with Gasteiger partial charge in [0.15, 0.2) is 11.5 Å². The van der Waals surface area contributed by atoms with Crippen LogP contribution in [0.15, 0.2) is 22.6 Å². The molecule has 0 atom stereocenters. The number of aliphatic hydroxyl groups is 1. The van der Waals surface area contributed by atoms with Crippen LogP contribution >= 0.6 is 0 Å². The summed E-state index contributed by atoms with van der Waals surface area (Å²) in [5.74, 6) is 0.691. The summed E-state index contributed by atoms with van der Waals surface area (Å²) in [4.78, 5) is 4.31. The molecule has 0 aliphatic heterocycles. The zero-order chi connectivity index (χ0) is 13.2. The van der Waals surface area contributed by atoms with Crippen LogP contribution in [0.1, 0.15) is 25.3 Å². The lowest BCUT2D eigenvalue weighted by Crippen LogP contribution is -2.31. The summed E-state index contributed by atoms with van der Waals surface area (Å²) in [5.41, 5.74) is 2.80. The molecular formula is C14H20N2O2. The molecule has 1 aromatic heterocycles. The molecule has 0 aliphatic rings. The predicted molar refractivity (Wildman–Crippen MR) is 71.3 cm³/mol. The largest absolute Gasteiger partial charge is 0.441 e. The Balaban J connectivity index is 1.99. The number of nitrogens with one attached hydrogen (secondary N) is 1. The van der Waals surface area contributed by atoms with E-state index in [0.29, 0.717) is 5.89 Å². The third-order valence-electron chi connectivity index (χ3n) is 2.92. The summed E-state index contributed by atoms with van der Waals surface area (Å²) >= 11 is 0. The van der Waals surface area contributed by atoms with Crippen LogP contribution in [0.25, 0.3) is 11.1 Å². The average Bonchev–Trinajstić information content (AvgIpc) is 2.68. The van der Waals surface area contributed by atoms with E-state index in [1.807, 2.05) is 39.0 Å². The first-order valence-corrected chi connectivity index (χ1v) is 6.18. The van der Waals surface area contributed by atoms with Gasteiger partial charge in [-0.3, -0.25) is 0 Å². The molecule has 18 heavy (non-hydrogen) atoms. The van der Waals surface area contributed by atoms with Gasteiger partial charge in [-0.15, -0.1) is 0 Å². The van der Waals surface area contributed by atoms with Crippen molar-refractivity contribution in [2.24, 2.45) is 5.41 Å². The molecule has 0 bridgehead atoms. The second-order valence-electron chi connectivity index (χ2n) is 5.46. The number of aliphatic hydroxyl groups excluding tert-OH is 1. The Labute approximate surface area is 107 Å². The van der Waals surface area contributed by atoms with Crippen LogP contribution in [0.5, 0.6) is 0 Å². The van der Waals surface area contributed by atoms with Gasteiger partial charge >= 0.3 is 0 Å². The number of fused-ring (bicyclic) bond motifs is 1. The highest BCUT2D eigenvalue weighted by Crippen LogP contribution is 2.17. The fourth-order valence-corrected chi connectivity index (χ4v) is 1.80. The molecule has 98 valence electrons. The van der Waals surface area contributed by atoms with Crippen LogP contribution < -0.4 is 5.32 Å². The van der Waals surface area contributed by atoms with Gasteiger partial charge in [0.1, 0.15) is 5.52 Å². The molecule has 2 N–H and O–H groups in total. The van der Waals surface area contributed by atoms with Gasteiger partial charge in [0.05, 0.1) is 0 Å². The van der Waals surface area contributed by atoms with Crippen molar-refractivity contribution >= 4 is 11.1 Å². The van der Waals surface area contributed by atoms with Crippen LogP contribution in [0.4, 0.5) is 0 Å². The van der Waals surface area contributed by atoms with E-state index >= 15 is 0 Å². The quantitative estimate of drug-likeness (QED) is 0.852.